The summed E-state index contributed by atoms with van der Waals surface area (Å²) in [5.41, 5.74) is -2.96. The van der Waals surface area contributed by atoms with Gasteiger partial charge in [-0.3, -0.25) is 14.6 Å². The number of rotatable bonds is 5. The Morgan fingerprint density at radius 2 is 1.74 bits per heavy atom. The van der Waals surface area contributed by atoms with Gasteiger partial charge in [-0.15, -0.1) is 0 Å². The highest BCUT2D eigenvalue weighted by Crippen LogP contribution is 2.43. The Labute approximate surface area is 195 Å². The molecule has 1 saturated heterocycles. The molecule has 0 aliphatic carbocycles. The molecule has 3 rings (SSSR count). The predicted octanol–water partition coefficient (Wildman–Crippen LogP) is 3.02. The van der Waals surface area contributed by atoms with Crippen LogP contribution >= 0.6 is 0 Å². The molecule has 14 heteroatoms. The average molecular weight is 505 g/mol. The summed E-state index contributed by atoms with van der Waals surface area (Å²) in [6.45, 7) is -0.613. The predicted molar refractivity (Wildman–Crippen MR) is 111 cm³/mol. The van der Waals surface area contributed by atoms with E-state index in [1.807, 2.05) is 0 Å². The zero-order valence-electron chi connectivity index (χ0n) is 18.3. The number of likely N-dealkylation sites (tertiary alicyclic amines) is 1. The van der Waals surface area contributed by atoms with Crippen molar-refractivity contribution in [2.75, 3.05) is 25.4 Å². The number of nitrogens with zero attached hydrogens (tertiary/aromatic N) is 3. The molecule has 0 aromatic carbocycles. The third kappa shape index (κ3) is 5.31. The standard InChI is InChI=1S/C21H21F6N5O3/c1-19(35,21(25,26)27)10-30-17(33)16-14(28)12(11-6-2-3-7-29-11)13(20(22,23)24)15(31-16)18(34)32-8-4-5-9-32/h2-3,6-7,35H,4-5,8-10,28H2,1H3,(H,30,33). The number of nitrogens with two attached hydrogens (primary N) is 1. The number of anilines is 1. The molecular formula is C21H21F6N5O3. The largest absolute Gasteiger partial charge is 0.419 e. The number of aromatic nitrogens is 2. The lowest BCUT2D eigenvalue weighted by atomic mass is 9.97. The average Bonchev–Trinajstić information content (AvgIpc) is 3.31. The Balaban J connectivity index is 2.20. The monoisotopic (exact) mass is 505 g/mol. The van der Waals surface area contributed by atoms with Crippen molar-refractivity contribution in [3.8, 4) is 11.3 Å². The van der Waals surface area contributed by atoms with Crippen molar-refractivity contribution < 1.29 is 41.0 Å². The van der Waals surface area contributed by atoms with Crippen molar-refractivity contribution in [3.63, 3.8) is 0 Å². The molecule has 0 saturated carbocycles. The van der Waals surface area contributed by atoms with Gasteiger partial charge in [0.2, 0.25) is 0 Å². The molecule has 2 aromatic rings. The third-order valence-electron chi connectivity index (χ3n) is 5.45. The quantitative estimate of drug-likeness (QED) is 0.538. The van der Waals surface area contributed by atoms with Gasteiger partial charge in [-0.05, 0) is 31.9 Å². The molecule has 3 heterocycles. The van der Waals surface area contributed by atoms with Crippen molar-refractivity contribution in [3.05, 3.63) is 41.3 Å². The number of amides is 2. The van der Waals surface area contributed by atoms with Gasteiger partial charge in [0.1, 0.15) is 5.69 Å². The molecule has 1 unspecified atom stereocenters. The molecule has 0 spiro atoms. The van der Waals surface area contributed by atoms with Crippen LogP contribution in [0.3, 0.4) is 0 Å². The summed E-state index contributed by atoms with van der Waals surface area (Å²) in [5, 5.41) is 11.4. The first kappa shape index (κ1) is 26.2. The van der Waals surface area contributed by atoms with Gasteiger partial charge >= 0.3 is 12.4 Å². The SMILES string of the molecule is CC(O)(CNC(=O)c1nc(C(=O)N2CCCC2)c(C(F)(F)F)c(-c2ccccn2)c1N)C(F)(F)F. The number of carbonyl (C=O) groups excluding carboxylic acids is 2. The van der Waals surface area contributed by atoms with E-state index < -0.39 is 64.5 Å². The summed E-state index contributed by atoms with van der Waals surface area (Å²) in [6.07, 6.45) is -8.00. The van der Waals surface area contributed by atoms with Crippen LogP contribution in [0.1, 0.15) is 46.3 Å². The molecule has 1 fully saturated rings. The molecule has 0 bridgehead atoms. The number of hydrogen-bond acceptors (Lipinski definition) is 6. The van der Waals surface area contributed by atoms with Crippen LogP contribution in [0.25, 0.3) is 11.3 Å². The molecule has 190 valence electrons. The summed E-state index contributed by atoms with van der Waals surface area (Å²) < 4.78 is 81.6. The van der Waals surface area contributed by atoms with Crippen LogP contribution in [0.5, 0.6) is 0 Å². The van der Waals surface area contributed by atoms with Gasteiger partial charge in [-0.1, -0.05) is 6.07 Å². The fourth-order valence-corrected chi connectivity index (χ4v) is 3.49. The van der Waals surface area contributed by atoms with E-state index in [1.165, 1.54) is 18.2 Å². The van der Waals surface area contributed by atoms with Gasteiger partial charge < -0.3 is 21.1 Å². The first-order valence-corrected chi connectivity index (χ1v) is 10.3. The first-order chi connectivity index (χ1) is 16.1. The maximum absolute atomic E-state index is 14.2. The van der Waals surface area contributed by atoms with E-state index in [0.29, 0.717) is 19.8 Å². The van der Waals surface area contributed by atoms with E-state index in [4.69, 9.17) is 5.73 Å². The van der Waals surface area contributed by atoms with Crippen LogP contribution in [-0.2, 0) is 6.18 Å². The second-order valence-corrected chi connectivity index (χ2v) is 8.14. The number of carbonyl (C=O) groups is 2. The van der Waals surface area contributed by atoms with Crippen LogP contribution in [0.2, 0.25) is 0 Å². The van der Waals surface area contributed by atoms with Crippen molar-refractivity contribution in [1.29, 1.82) is 0 Å². The summed E-state index contributed by atoms with van der Waals surface area (Å²) in [4.78, 5) is 34.3. The first-order valence-electron chi connectivity index (χ1n) is 10.3. The third-order valence-corrected chi connectivity index (χ3v) is 5.45. The number of aliphatic hydroxyl groups is 1. The minimum absolute atomic E-state index is 0.164. The van der Waals surface area contributed by atoms with Crippen LogP contribution in [0.15, 0.2) is 24.4 Å². The minimum atomic E-state index is -5.15. The molecule has 1 atom stereocenters. The molecule has 2 amide bonds. The zero-order chi connectivity index (χ0) is 26.2. The van der Waals surface area contributed by atoms with E-state index in [2.05, 4.69) is 9.97 Å². The molecule has 8 nitrogen and oxygen atoms in total. The maximum atomic E-state index is 14.2. The fraction of sp³-hybridized carbons (Fsp3) is 0.429. The summed E-state index contributed by atoms with van der Waals surface area (Å²) in [7, 11) is 0. The Morgan fingerprint density at radius 1 is 1.11 bits per heavy atom. The Bertz CT molecular complexity index is 1110. The molecule has 2 aromatic heterocycles. The normalized spacial score (nSPS) is 16.2. The van der Waals surface area contributed by atoms with E-state index in [1.54, 1.807) is 5.32 Å². The number of nitrogen functional groups attached to an aromatic ring is 1. The van der Waals surface area contributed by atoms with Gasteiger partial charge in [-0.25, -0.2) is 4.98 Å². The van der Waals surface area contributed by atoms with Crippen molar-refractivity contribution in [2.24, 2.45) is 0 Å². The fourth-order valence-electron chi connectivity index (χ4n) is 3.49. The van der Waals surface area contributed by atoms with E-state index >= 15 is 0 Å². The van der Waals surface area contributed by atoms with Gasteiger partial charge in [0, 0.05) is 24.8 Å². The topological polar surface area (TPSA) is 121 Å². The zero-order valence-corrected chi connectivity index (χ0v) is 18.3. The highest BCUT2D eigenvalue weighted by Gasteiger charge is 2.50. The number of halogens is 6. The van der Waals surface area contributed by atoms with Gasteiger partial charge in [-0.2, -0.15) is 26.3 Å². The molecule has 35 heavy (non-hydrogen) atoms. The maximum Gasteiger partial charge on any atom is 0.419 e. The lowest BCUT2D eigenvalue weighted by molar-refractivity contribution is -0.249. The Hall–Kier alpha value is -3.42. The summed E-state index contributed by atoms with van der Waals surface area (Å²) >= 11 is 0. The molecule has 4 N–H and O–H groups in total. The highest BCUT2D eigenvalue weighted by molar-refractivity contribution is 6.05. The summed E-state index contributed by atoms with van der Waals surface area (Å²) in [5.74, 6) is -2.52. The molecule has 0 radical (unpaired) electrons. The van der Waals surface area contributed by atoms with E-state index in [0.717, 1.165) is 11.1 Å². The van der Waals surface area contributed by atoms with Crippen molar-refractivity contribution >= 4 is 17.5 Å². The van der Waals surface area contributed by atoms with Gasteiger partial charge in [0.15, 0.2) is 11.3 Å². The second-order valence-electron chi connectivity index (χ2n) is 8.14. The number of nitrogens with one attached hydrogen (secondary N) is 1. The van der Waals surface area contributed by atoms with Crippen LogP contribution in [-0.4, -0.2) is 63.2 Å². The smallest absolute Gasteiger partial charge is 0.396 e. The molecule has 1 aliphatic heterocycles. The van der Waals surface area contributed by atoms with Gasteiger partial charge in [0.05, 0.1) is 23.5 Å². The lowest BCUT2D eigenvalue weighted by Crippen LogP contribution is -2.51. The number of alkyl halides is 6. The summed E-state index contributed by atoms with van der Waals surface area (Å²) in [6, 6.07) is 3.93. The molecule has 1 aliphatic rings. The van der Waals surface area contributed by atoms with Gasteiger partial charge in [0.25, 0.3) is 11.8 Å². The molecular weight excluding hydrogens is 484 g/mol. The number of pyridine rings is 2. The lowest BCUT2D eigenvalue weighted by Gasteiger charge is -2.27. The number of hydrogen-bond donors (Lipinski definition) is 3. The van der Waals surface area contributed by atoms with E-state index in [-0.39, 0.29) is 18.8 Å². The van der Waals surface area contributed by atoms with E-state index in [9.17, 15) is 41.0 Å². The van der Waals surface area contributed by atoms with Crippen LogP contribution in [0.4, 0.5) is 32.0 Å². The second kappa shape index (κ2) is 9.32. The Kier molecular flexibility index (Phi) is 6.97. The Morgan fingerprint density at radius 3 is 2.26 bits per heavy atom. The van der Waals surface area contributed by atoms with Crippen molar-refractivity contribution in [1.82, 2.24) is 20.2 Å². The van der Waals surface area contributed by atoms with Crippen LogP contribution < -0.4 is 11.1 Å². The minimum Gasteiger partial charge on any atom is -0.396 e. The van der Waals surface area contributed by atoms with Crippen LogP contribution in [0, 0.1) is 0 Å². The van der Waals surface area contributed by atoms with Crippen molar-refractivity contribution in [2.45, 2.75) is 37.7 Å². The highest BCUT2D eigenvalue weighted by atomic mass is 19.4.